The lowest BCUT2D eigenvalue weighted by Gasteiger charge is -2.10. The Morgan fingerprint density at radius 1 is 1.00 bits per heavy atom. The van der Waals surface area contributed by atoms with Gasteiger partial charge in [0.15, 0.2) is 0 Å². The molecule has 0 fully saturated rings. The van der Waals surface area contributed by atoms with Gasteiger partial charge in [0.05, 0.1) is 35.5 Å². The summed E-state index contributed by atoms with van der Waals surface area (Å²) < 4.78 is 11.7. The van der Waals surface area contributed by atoms with E-state index in [1.165, 1.54) is 0 Å². The molecule has 2 amide bonds. The molecule has 2 aromatic heterocycles. The number of rotatable bonds is 8. The molecule has 0 aliphatic carbocycles. The molecule has 0 bridgehead atoms. The fraction of sp³-hybridized carbons (Fsp3) is 0.222. The Balaban J connectivity index is 1.44. The number of benzene rings is 2. The highest BCUT2D eigenvalue weighted by Crippen LogP contribution is 2.21. The molecule has 0 atom stereocenters. The number of carbonyl (C=O) groups excluding carboxylic acids is 3. The minimum Gasteiger partial charge on any atom is -0.462 e. The van der Waals surface area contributed by atoms with Gasteiger partial charge in [-0.3, -0.25) is 4.79 Å². The summed E-state index contributed by atoms with van der Waals surface area (Å²) in [7, 11) is 0. The fourth-order valence-corrected chi connectivity index (χ4v) is 3.80. The topological polar surface area (TPSA) is 144 Å². The van der Waals surface area contributed by atoms with E-state index in [0.29, 0.717) is 22.3 Å². The summed E-state index contributed by atoms with van der Waals surface area (Å²) in [6.45, 7) is 5.98. The average Bonchev–Trinajstić information content (AvgIpc) is 3.36. The van der Waals surface area contributed by atoms with E-state index in [4.69, 9.17) is 9.47 Å². The van der Waals surface area contributed by atoms with Gasteiger partial charge in [-0.2, -0.15) is 0 Å². The quantitative estimate of drug-likeness (QED) is 0.302. The van der Waals surface area contributed by atoms with Crippen molar-refractivity contribution in [1.82, 2.24) is 19.9 Å². The van der Waals surface area contributed by atoms with Crippen molar-refractivity contribution < 1.29 is 23.9 Å². The maximum Gasteiger partial charge on any atom is 0.362 e. The molecule has 2 heterocycles. The van der Waals surface area contributed by atoms with Gasteiger partial charge in [-0.1, -0.05) is 0 Å². The van der Waals surface area contributed by atoms with Crippen molar-refractivity contribution in [3.8, 4) is 5.69 Å². The van der Waals surface area contributed by atoms with E-state index in [0.717, 1.165) is 16.8 Å². The summed E-state index contributed by atoms with van der Waals surface area (Å²) in [6.07, 6.45) is 3.70. The Labute approximate surface area is 217 Å². The van der Waals surface area contributed by atoms with Gasteiger partial charge in [-0.15, -0.1) is 0 Å². The number of esters is 2. The molecule has 0 aliphatic rings. The number of nitrogens with zero attached hydrogens (tertiary/aromatic N) is 2. The van der Waals surface area contributed by atoms with Crippen molar-refractivity contribution in [2.45, 2.75) is 27.3 Å². The molecule has 0 aliphatic heterocycles. The van der Waals surface area contributed by atoms with Crippen LogP contribution in [0.2, 0.25) is 0 Å². The molecule has 3 N–H and O–H groups in total. The van der Waals surface area contributed by atoms with Crippen LogP contribution in [-0.4, -0.2) is 45.7 Å². The SMILES string of the molecule is CCOC(=O)c1ccc(NC(=O)NCc2ccn(-c3cc4nc(C(=O)OCC)c(=O)[nH]c4cc3C)c2)cc1. The summed E-state index contributed by atoms with van der Waals surface area (Å²) in [5, 5.41) is 5.52. The number of H-pyrrole nitrogens is 1. The second kappa shape index (κ2) is 11.4. The van der Waals surface area contributed by atoms with Gasteiger partial charge in [0, 0.05) is 24.6 Å². The van der Waals surface area contributed by atoms with E-state index < -0.39 is 23.5 Å². The van der Waals surface area contributed by atoms with Crippen LogP contribution in [0.5, 0.6) is 0 Å². The number of aromatic amines is 1. The molecule has 0 spiro atoms. The van der Waals surface area contributed by atoms with Crippen molar-refractivity contribution in [2.24, 2.45) is 0 Å². The lowest BCUT2D eigenvalue weighted by atomic mass is 10.1. The minimum atomic E-state index is -0.777. The third-order valence-electron chi connectivity index (χ3n) is 5.62. The van der Waals surface area contributed by atoms with Crippen LogP contribution in [-0.2, 0) is 16.0 Å². The van der Waals surface area contributed by atoms with Crippen molar-refractivity contribution in [2.75, 3.05) is 18.5 Å². The Bertz CT molecular complexity index is 1550. The van der Waals surface area contributed by atoms with Crippen LogP contribution in [0.1, 0.15) is 45.8 Å². The first kappa shape index (κ1) is 26.1. The molecule has 0 saturated carbocycles. The van der Waals surface area contributed by atoms with Crippen LogP contribution in [0.25, 0.3) is 16.7 Å². The van der Waals surface area contributed by atoms with Gasteiger partial charge in [0.2, 0.25) is 5.69 Å². The normalized spacial score (nSPS) is 10.7. The molecule has 38 heavy (non-hydrogen) atoms. The molecule has 11 nitrogen and oxygen atoms in total. The van der Waals surface area contributed by atoms with Gasteiger partial charge in [0.1, 0.15) is 0 Å². The number of carbonyl (C=O) groups is 3. The van der Waals surface area contributed by atoms with E-state index in [1.54, 1.807) is 50.2 Å². The zero-order valence-electron chi connectivity index (χ0n) is 21.2. The molecule has 2 aromatic carbocycles. The Morgan fingerprint density at radius 3 is 2.42 bits per heavy atom. The Hall–Kier alpha value is -4.93. The summed E-state index contributed by atoms with van der Waals surface area (Å²) in [5.74, 6) is -1.20. The first-order valence-corrected chi connectivity index (χ1v) is 12.0. The lowest BCUT2D eigenvalue weighted by molar-refractivity contribution is 0.0511. The number of aryl methyl sites for hydroxylation is 1. The average molecular weight is 518 g/mol. The first-order valence-electron chi connectivity index (χ1n) is 12.0. The van der Waals surface area contributed by atoms with E-state index in [2.05, 4.69) is 20.6 Å². The monoisotopic (exact) mass is 517 g/mol. The maximum atomic E-state index is 12.3. The maximum absolute atomic E-state index is 12.3. The van der Waals surface area contributed by atoms with Crippen molar-refractivity contribution in [3.63, 3.8) is 0 Å². The first-order chi connectivity index (χ1) is 18.3. The highest BCUT2D eigenvalue weighted by Gasteiger charge is 2.16. The number of amides is 2. The molecule has 4 rings (SSSR count). The second-order valence-electron chi connectivity index (χ2n) is 8.32. The summed E-state index contributed by atoms with van der Waals surface area (Å²) in [5.41, 5.74) is 3.50. The number of nitrogens with one attached hydrogen (secondary N) is 3. The number of hydrogen-bond acceptors (Lipinski definition) is 7. The summed E-state index contributed by atoms with van der Waals surface area (Å²) in [6, 6.07) is 11.4. The number of aromatic nitrogens is 3. The zero-order chi connectivity index (χ0) is 27.2. The van der Waals surface area contributed by atoms with E-state index in [9.17, 15) is 19.2 Å². The summed E-state index contributed by atoms with van der Waals surface area (Å²) in [4.78, 5) is 55.3. The van der Waals surface area contributed by atoms with Gasteiger partial charge < -0.3 is 29.7 Å². The predicted octanol–water partition coefficient (Wildman–Crippen LogP) is 3.70. The fourth-order valence-electron chi connectivity index (χ4n) is 3.80. The van der Waals surface area contributed by atoms with Crippen LogP contribution in [0.15, 0.2) is 59.7 Å². The van der Waals surface area contributed by atoms with E-state index in [-0.39, 0.29) is 25.5 Å². The lowest BCUT2D eigenvalue weighted by Crippen LogP contribution is -2.28. The van der Waals surface area contributed by atoms with Crippen LogP contribution in [0, 0.1) is 6.92 Å². The van der Waals surface area contributed by atoms with Crippen LogP contribution in [0.3, 0.4) is 0 Å². The summed E-state index contributed by atoms with van der Waals surface area (Å²) >= 11 is 0. The van der Waals surface area contributed by atoms with Crippen LogP contribution < -0.4 is 16.2 Å². The molecule has 4 aromatic rings. The number of hydrogen-bond donors (Lipinski definition) is 3. The number of urea groups is 1. The molecular formula is C27H27N5O6. The Morgan fingerprint density at radius 2 is 1.71 bits per heavy atom. The third-order valence-corrected chi connectivity index (χ3v) is 5.62. The van der Waals surface area contributed by atoms with Gasteiger partial charge >= 0.3 is 18.0 Å². The highest BCUT2D eigenvalue weighted by atomic mass is 16.5. The third kappa shape index (κ3) is 5.89. The molecular weight excluding hydrogens is 490 g/mol. The standard InChI is InChI=1S/C27H27N5O6/c1-4-37-25(34)18-6-8-19(9-7-18)29-27(36)28-14-17-10-11-32(15-17)22-13-21-20(12-16(22)3)31-24(33)23(30-21)26(35)38-5-2/h6-13,15H,4-5,14H2,1-3H3,(H,31,33)(H2,28,29,36). The number of ether oxygens (including phenoxy) is 2. The number of anilines is 1. The van der Waals surface area contributed by atoms with Gasteiger partial charge in [-0.25, -0.2) is 19.4 Å². The predicted molar refractivity (Wildman–Crippen MR) is 141 cm³/mol. The second-order valence-corrected chi connectivity index (χ2v) is 8.32. The van der Waals surface area contributed by atoms with Crippen LogP contribution >= 0.6 is 0 Å². The highest BCUT2D eigenvalue weighted by molar-refractivity contribution is 5.92. The largest absolute Gasteiger partial charge is 0.462 e. The molecule has 196 valence electrons. The molecule has 0 unspecified atom stereocenters. The smallest absolute Gasteiger partial charge is 0.362 e. The van der Waals surface area contributed by atoms with Gasteiger partial charge in [-0.05, 0) is 74.4 Å². The van der Waals surface area contributed by atoms with Crippen LogP contribution in [0.4, 0.5) is 10.5 Å². The van der Waals surface area contributed by atoms with Crippen molar-refractivity contribution in [1.29, 1.82) is 0 Å². The van der Waals surface area contributed by atoms with Crippen molar-refractivity contribution in [3.05, 3.63) is 87.6 Å². The molecule has 0 radical (unpaired) electrons. The van der Waals surface area contributed by atoms with Crippen molar-refractivity contribution >= 4 is 34.7 Å². The van der Waals surface area contributed by atoms with E-state index in [1.807, 2.05) is 30.0 Å². The minimum absolute atomic E-state index is 0.136. The molecule has 11 heteroatoms. The van der Waals surface area contributed by atoms with Gasteiger partial charge in [0.25, 0.3) is 5.56 Å². The Kier molecular flexibility index (Phi) is 7.86. The zero-order valence-corrected chi connectivity index (χ0v) is 21.2. The van der Waals surface area contributed by atoms with E-state index >= 15 is 0 Å². The molecule has 0 saturated heterocycles. The number of fused-ring (bicyclic) bond motifs is 1.